The third kappa shape index (κ3) is 7.44. The van der Waals surface area contributed by atoms with Gasteiger partial charge < -0.3 is 30.2 Å². The van der Waals surface area contributed by atoms with Crippen LogP contribution in [0.25, 0.3) is 0 Å². The van der Waals surface area contributed by atoms with Gasteiger partial charge in [0.15, 0.2) is 11.4 Å². The molecule has 1 aromatic carbocycles. The molecule has 38 heavy (non-hydrogen) atoms. The first kappa shape index (κ1) is 29.4. The van der Waals surface area contributed by atoms with E-state index < -0.39 is 41.4 Å². The Balaban J connectivity index is 1.72. The molecule has 0 unspecified atom stereocenters. The molecular formula is C26H34N4O7S. The second-order valence-corrected chi connectivity index (χ2v) is 10.5. The Morgan fingerprint density at radius 3 is 2.05 bits per heavy atom. The van der Waals surface area contributed by atoms with E-state index in [4.69, 9.17) is 14.2 Å². The molecule has 1 saturated heterocycles. The summed E-state index contributed by atoms with van der Waals surface area (Å²) in [5.41, 5.74) is -0.133. The summed E-state index contributed by atoms with van der Waals surface area (Å²) in [5.74, 6) is -1.99. The molecule has 0 radical (unpaired) electrons. The van der Waals surface area contributed by atoms with E-state index in [-0.39, 0.29) is 31.5 Å². The SMILES string of the molecule is COC[C@H](NC(=O)c1cnc(C)s1)C(=O)N[C@@H](COC)C(=O)N[C@@H](Cc1ccccc1)C(=O)[C@]1(C)O[C@H]1C. The number of carbonyl (C=O) groups excluding carboxylic acids is 4. The number of benzene rings is 1. The topological polar surface area (TPSA) is 148 Å². The molecule has 0 spiro atoms. The van der Waals surface area contributed by atoms with E-state index in [1.807, 2.05) is 30.3 Å². The van der Waals surface area contributed by atoms with Crippen molar-refractivity contribution in [1.82, 2.24) is 20.9 Å². The van der Waals surface area contributed by atoms with Crippen LogP contribution in [0.1, 0.15) is 34.1 Å². The average Bonchev–Trinajstić information content (AvgIpc) is 3.28. The van der Waals surface area contributed by atoms with Gasteiger partial charge in [0.2, 0.25) is 11.8 Å². The van der Waals surface area contributed by atoms with Gasteiger partial charge >= 0.3 is 0 Å². The summed E-state index contributed by atoms with van der Waals surface area (Å²) in [7, 11) is 2.78. The monoisotopic (exact) mass is 546 g/mol. The lowest BCUT2D eigenvalue weighted by Crippen LogP contribution is -2.59. The molecule has 0 saturated carbocycles. The number of amides is 3. The van der Waals surface area contributed by atoms with Gasteiger partial charge in [0.25, 0.3) is 5.91 Å². The van der Waals surface area contributed by atoms with E-state index in [0.29, 0.717) is 9.88 Å². The highest BCUT2D eigenvalue weighted by molar-refractivity contribution is 7.13. The van der Waals surface area contributed by atoms with Crippen molar-refractivity contribution in [2.24, 2.45) is 0 Å². The largest absolute Gasteiger partial charge is 0.382 e. The average molecular weight is 547 g/mol. The van der Waals surface area contributed by atoms with Crippen LogP contribution in [0, 0.1) is 6.92 Å². The summed E-state index contributed by atoms with van der Waals surface area (Å²) in [6.45, 7) is 4.97. The van der Waals surface area contributed by atoms with Crippen LogP contribution >= 0.6 is 11.3 Å². The summed E-state index contributed by atoms with van der Waals surface area (Å²) in [4.78, 5) is 56.7. The van der Waals surface area contributed by atoms with Gasteiger partial charge in [0, 0.05) is 14.2 Å². The molecule has 11 nitrogen and oxygen atoms in total. The minimum absolute atomic E-state index is 0.126. The quantitative estimate of drug-likeness (QED) is 0.295. The molecule has 3 rings (SSSR count). The molecule has 2 heterocycles. The number of ether oxygens (including phenoxy) is 3. The number of nitrogens with one attached hydrogen (secondary N) is 3. The number of hydrogen-bond acceptors (Lipinski definition) is 9. The molecule has 0 aliphatic carbocycles. The molecule has 1 aromatic heterocycles. The number of carbonyl (C=O) groups is 4. The number of nitrogens with zero attached hydrogens (tertiary/aromatic N) is 1. The van der Waals surface area contributed by atoms with Crippen molar-refractivity contribution >= 4 is 34.8 Å². The van der Waals surface area contributed by atoms with Crippen LogP contribution in [0.5, 0.6) is 0 Å². The lowest BCUT2D eigenvalue weighted by molar-refractivity contribution is -0.134. The zero-order valence-corrected chi connectivity index (χ0v) is 22.9. The summed E-state index contributed by atoms with van der Waals surface area (Å²) < 4.78 is 15.8. The maximum absolute atomic E-state index is 13.3. The van der Waals surface area contributed by atoms with Crippen molar-refractivity contribution in [3.05, 3.63) is 52.0 Å². The van der Waals surface area contributed by atoms with Crippen molar-refractivity contribution < 1.29 is 33.4 Å². The maximum Gasteiger partial charge on any atom is 0.263 e. The molecule has 1 aliphatic heterocycles. The Hall–Kier alpha value is -3.19. The molecule has 2 aromatic rings. The van der Waals surface area contributed by atoms with E-state index in [0.717, 1.165) is 5.56 Å². The number of hydrogen-bond donors (Lipinski definition) is 3. The predicted molar refractivity (Wildman–Crippen MR) is 140 cm³/mol. The molecule has 1 fully saturated rings. The van der Waals surface area contributed by atoms with E-state index in [1.165, 1.54) is 31.8 Å². The fraction of sp³-hybridized carbons (Fsp3) is 0.500. The zero-order chi connectivity index (χ0) is 27.9. The fourth-order valence-electron chi connectivity index (χ4n) is 3.94. The smallest absolute Gasteiger partial charge is 0.263 e. The number of methoxy groups -OCH3 is 2. The molecule has 3 amide bonds. The van der Waals surface area contributed by atoms with Gasteiger partial charge in [-0.2, -0.15) is 0 Å². The van der Waals surface area contributed by atoms with Crippen molar-refractivity contribution in [3.8, 4) is 0 Å². The second kappa shape index (κ2) is 13.1. The van der Waals surface area contributed by atoms with Gasteiger partial charge in [-0.15, -0.1) is 11.3 Å². The lowest BCUT2D eigenvalue weighted by atomic mass is 9.92. The Morgan fingerprint density at radius 2 is 1.55 bits per heavy atom. The highest BCUT2D eigenvalue weighted by atomic mass is 32.1. The molecule has 3 N–H and O–H groups in total. The fourth-order valence-corrected chi connectivity index (χ4v) is 4.62. The highest BCUT2D eigenvalue weighted by Gasteiger charge is 2.57. The molecule has 206 valence electrons. The third-order valence-electron chi connectivity index (χ3n) is 6.31. The van der Waals surface area contributed by atoms with Crippen LogP contribution in [-0.2, 0) is 35.0 Å². The minimum Gasteiger partial charge on any atom is -0.382 e. The number of ketones is 1. The highest BCUT2D eigenvalue weighted by Crippen LogP contribution is 2.37. The molecule has 12 heteroatoms. The first-order valence-electron chi connectivity index (χ1n) is 12.2. The van der Waals surface area contributed by atoms with Gasteiger partial charge in [-0.1, -0.05) is 30.3 Å². The maximum atomic E-state index is 13.3. The van der Waals surface area contributed by atoms with Crippen molar-refractivity contribution in [2.45, 2.75) is 57.0 Å². The van der Waals surface area contributed by atoms with Crippen LogP contribution in [-0.4, -0.2) is 85.8 Å². The molecule has 1 aliphatic rings. The van der Waals surface area contributed by atoms with Crippen LogP contribution in [0.2, 0.25) is 0 Å². The van der Waals surface area contributed by atoms with Gasteiger partial charge in [-0.3, -0.25) is 19.2 Å². The van der Waals surface area contributed by atoms with Gasteiger partial charge in [-0.25, -0.2) is 4.98 Å². The van der Waals surface area contributed by atoms with Crippen LogP contribution < -0.4 is 16.0 Å². The second-order valence-electron chi connectivity index (χ2n) is 9.22. The minimum atomic E-state index is -1.13. The number of thiazole rings is 1. The Morgan fingerprint density at radius 1 is 1.00 bits per heavy atom. The third-order valence-corrected chi connectivity index (χ3v) is 7.22. The van der Waals surface area contributed by atoms with Gasteiger partial charge in [0.05, 0.1) is 36.6 Å². The summed E-state index contributed by atoms with van der Waals surface area (Å²) in [5, 5.41) is 8.70. The number of Topliss-reactive ketones (excluding diaryl/α,β-unsaturated/α-hetero) is 1. The summed E-state index contributed by atoms with van der Waals surface area (Å²) in [6, 6.07) is 6.19. The number of epoxide rings is 1. The van der Waals surface area contributed by atoms with E-state index >= 15 is 0 Å². The molecular weight excluding hydrogens is 512 g/mol. The van der Waals surface area contributed by atoms with Crippen molar-refractivity contribution in [1.29, 1.82) is 0 Å². The Kier molecular flexibility index (Phi) is 10.1. The van der Waals surface area contributed by atoms with Gasteiger partial charge in [0.1, 0.15) is 17.0 Å². The number of aryl methyl sites for hydroxylation is 1. The Bertz CT molecular complexity index is 1140. The summed E-state index contributed by atoms with van der Waals surface area (Å²) in [6.07, 6.45) is 1.41. The van der Waals surface area contributed by atoms with Crippen LogP contribution in [0.15, 0.2) is 36.5 Å². The number of aromatic nitrogens is 1. The first-order chi connectivity index (χ1) is 18.1. The zero-order valence-electron chi connectivity index (χ0n) is 22.1. The van der Waals surface area contributed by atoms with Crippen LogP contribution in [0.3, 0.4) is 0 Å². The van der Waals surface area contributed by atoms with Crippen molar-refractivity contribution in [2.75, 3.05) is 27.4 Å². The van der Waals surface area contributed by atoms with E-state index in [9.17, 15) is 19.2 Å². The van der Waals surface area contributed by atoms with Crippen LogP contribution in [0.4, 0.5) is 0 Å². The predicted octanol–water partition coefficient (Wildman–Crippen LogP) is 0.802. The number of rotatable bonds is 14. The van der Waals surface area contributed by atoms with E-state index in [1.54, 1.807) is 20.8 Å². The standard InChI is InChI=1S/C26H34N4O7S/c1-15-26(3,37-15)22(31)18(11-17-9-7-6-8-10-17)28-23(32)19(13-35-4)29-24(33)20(14-36-5)30-25(34)21-12-27-16(2)38-21/h6-10,12,15,18-20H,11,13-14H2,1-5H3,(H,28,32)(H,29,33)(H,30,34)/t15-,18-,19-,20-,26+/m0/s1. The van der Waals surface area contributed by atoms with Crippen molar-refractivity contribution in [3.63, 3.8) is 0 Å². The first-order valence-corrected chi connectivity index (χ1v) is 13.0. The lowest BCUT2D eigenvalue weighted by Gasteiger charge is -2.25. The molecule has 5 atom stereocenters. The molecule has 0 bridgehead atoms. The summed E-state index contributed by atoms with van der Waals surface area (Å²) >= 11 is 1.19. The normalized spacial score (nSPS) is 20.6. The Labute approximate surface area is 225 Å². The van der Waals surface area contributed by atoms with E-state index in [2.05, 4.69) is 20.9 Å². The van der Waals surface area contributed by atoms with Gasteiger partial charge in [-0.05, 0) is 32.8 Å².